The first-order chi connectivity index (χ1) is 8.56. The molecule has 0 aliphatic heterocycles. The molecule has 1 aromatic carbocycles. The standard InChI is InChI=1S/C15H23BrFN/c1-12(8-10-16)9-11-18(3)13(2)14-6-4-5-7-15(14)17/h4-7,12-13H,8-11H2,1-3H3. The van der Waals surface area contributed by atoms with Crippen LogP contribution in [-0.4, -0.2) is 23.8 Å². The molecular formula is C15H23BrFN. The highest BCUT2D eigenvalue weighted by Crippen LogP contribution is 2.22. The number of rotatable bonds is 7. The van der Waals surface area contributed by atoms with Crippen LogP contribution in [0.3, 0.4) is 0 Å². The number of nitrogens with zero attached hydrogens (tertiary/aromatic N) is 1. The molecule has 1 aromatic rings. The van der Waals surface area contributed by atoms with Gasteiger partial charge < -0.3 is 0 Å². The van der Waals surface area contributed by atoms with Crippen LogP contribution in [0, 0.1) is 11.7 Å². The summed E-state index contributed by atoms with van der Waals surface area (Å²) in [7, 11) is 2.07. The van der Waals surface area contributed by atoms with Crippen LogP contribution in [0.15, 0.2) is 24.3 Å². The summed E-state index contributed by atoms with van der Waals surface area (Å²) in [5.41, 5.74) is 0.785. The second kappa shape index (κ2) is 7.90. The molecule has 0 amide bonds. The van der Waals surface area contributed by atoms with Crippen molar-refractivity contribution in [2.45, 2.75) is 32.7 Å². The van der Waals surface area contributed by atoms with Crippen LogP contribution >= 0.6 is 15.9 Å². The predicted molar refractivity (Wildman–Crippen MR) is 79.6 cm³/mol. The Bertz CT molecular complexity index is 356. The lowest BCUT2D eigenvalue weighted by Gasteiger charge is -2.26. The molecule has 0 spiro atoms. The third-order valence-electron chi connectivity index (χ3n) is 3.59. The molecule has 0 N–H and O–H groups in total. The first-order valence-corrected chi connectivity index (χ1v) is 7.69. The summed E-state index contributed by atoms with van der Waals surface area (Å²) in [5, 5.41) is 1.06. The van der Waals surface area contributed by atoms with Crippen LogP contribution in [0.2, 0.25) is 0 Å². The third-order valence-corrected chi connectivity index (χ3v) is 4.05. The van der Waals surface area contributed by atoms with Gasteiger partial charge >= 0.3 is 0 Å². The molecule has 1 nitrogen and oxygen atoms in total. The summed E-state index contributed by atoms with van der Waals surface area (Å²) in [6.07, 6.45) is 2.35. The van der Waals surface area contributed by atoms with E-state index in [9.17, 15) is 4.39 Å². The Balaban J connectivity index is 2.51. The van der Waals surface area contributed by atoms with E-state index in [-0.39, 0.29) is 11.9 Å². The van der Waals surface area contributed by atoms with Gasteiger partial charge in [0.15, 0.2) is 0 Å². The van der Waals surface area contributed by atoms with E-state index in [4.69, 9.17) is 0 Å². The van der Waals surface area contributed by atoms with E-state index in [1.807, 2.05) is 12.1 Å². The molecule has 0 heterocycles. The lowest BCUT2D eigenvalue weighted by molar-refractivity contribution is 0.238. The van der Waals surface area contributed by atoms with Gasteiger partial charge in [-0.25, -0.2) is 4.39 Å². The first kappa shape index (κ1) is 15.6. The van der Waals surface area contributed by atoms with E-state index in [0.717, 1.165) is 23.9 Å². The summed E-state index contributed by atoms with van der Waals surface area (Å²) < 4.78 is 13.7. The van der Waals surface area contributed by atoms with Crippen molar-refractivity contribution < 1.29 is 4.39 Å². The Morgan fingerprint density at radius 1 is 1.22 bits per heavy atom. The maximum atomic E-state index is 13.7. The Hall–Kier alpha value is -0.410. The van der Waals surface area contributed by atoms with Crippen molar-refractivity contribution in [1.82, 2.24) is 4.90 Å². The molecule has 0 bridgehead atoms. The van der Waals surface area contributed by atoms with E-state index in [1.165, 1.54) is 12.5 Å². The normalized spacial score (nSPS) is 14.8. The van der Waals surface area contributed by atoms with Gasteiger partial charge in [-0.05, 0) is 45.3 Å². The van der Waals surface area contributed by atoms with E-state index in [1.54, 1.807) is 6.07 Å². The van der Waals surface area contributed by atoms with E-state index in [0.29, 0.717) is 5.92 Å². The predicted octanol–water partition coefficient (Wildman–Crippen LogP) is 4.63. The molecule has 102 valence electrons. The van der Waals surface area contributed by atoms with Gasteiger partial charge in [0.05, 0.1) is 0 Å². The molecule has 0 radical (unpaired) electrons. The fourth-order valence-electron chi connectivity index (χ4n) is 2.00. The largest absolute Gasteiger partial charge is 0.300 e. The van der Waals surface area contributed by atoms with Crippen molar-refractivity contribution >= 4 is 15.9 Å². The lowest BCUT2D eigenvalue weighted by atomic mass is 10.0. The Labute approximate surface area is 119 Å². The van der Waals surface area contributed by atoms with Crippen LogP contribution in [0.25, 0.3) is 0 Å². The molecule has 0 aliphatic rings. The zero-order valence-electron chi connectivity index (χ0n) is 11.5. The maximum absolute atomic E-state index is 13.7. The number of benzene rings is 1. The second-order valence-corrected chi connectivity index (χ2v) is 5.84. The van der Waals surface area contributed by atoms with Crippen molar-refractivity contribution in [2.24, 2.45) is 5.92 Å². The highest BCUT2D eigenvalue weighted by molar-refractivity contribution is 9.09. The molecule has 2 unspecified atom stereocenters. The fraction of sp³-hybridized carbons (Fsp3) is 0.600. The van der Waals surface area contributed by atoms with Crippen LogP contribution < -0.4 is 0 Å². The van der Waals surface area contributed by atoms with Crippen molar-refractivity contribution in [2.75, 3.05) is 18.9 Å². The Morgan fingerprint density at radius 2 is 1.89 bits per heavy atom. The monoisotopic (exact) mass is 315 g/mol. The summed E-state index contributed by atoms with van der Waals surface area (Å²) in [6, 6.07) is 7.17. The molecular weight excluding hydrogens is 293 g/mol. The van der Waals surface area contributed by atoms with Crippen LogP contribution in [-0.2, 0) is 0 Å². The van der Waals surface area contributed by atoms with Gasteiger partial charge in [0.2, 0.25) is 0 Å². The average molecular weight is 316 g/mol. The van der Waals surface area contributed by atoms with Gasteiger partial charge in [-0.1, -0.05) is 41.1 Å². The fourth-order valence-corrected chi connectivity index (χ4v) is 2.78. The van der Waals surface area contributed by atoms with E-state index >= 15 is 0 Å². The van der Waals surface area contributed by atoms with Crippen molar-refractivity contribution in [3.8, 4) is 0 Å². The lowest BCUT2D eigenvalue weighted by Crippen LogP contribution is -2.25. The molecule has 0 aromatic heterocycles. The number of hydrogen-bond acceptors (Lipinski definition) is 1. The highest BCUT2D eigenvalue weighted by Gasteiger charge is 2.15. The summed E-state index contributed by atoms with van der Waals surface area (Å²) in [5.74, 6) is 0.602. The van der Waals surface area contributed by atoms with Gasteiger partial charge in [-0.15, -0.1) is 0 Å². The first-order valence-electron chi connectivity index (χ1n) is 6.57. The molecule has 0 fully saturated rings. The zero-order chi connectivity index (χ0) is 13.5. The van der Waals surface area contributed by atoms with Gasteiger partial charge in [-0.3, -0.25) is 4.90 Å². The maximum Gasteiger partial charge on any atom is 0.127 e. The number of hydrogen-bond donors (Lipinski definition) is 0. The second-order valence-electron chi connectivity index (χ2n) is 5.05. The third kappa shape index (κ3) is 4.69. The minimum Gasteiger partial charge on any atom is -0.300 e. The molecule has 2 atom stereocenters. The minimum atomic E-state index is -0.106. The topological polar surface area (TPSA) is 3.24 Å². The summed E-state index contributed by atoms with van der Waals surface area (Å²) in [6.45, 7) is 5.33. The van der Waals surface area contributed by atoms with Crippen molar-refractivity contribution in [3.63, 3.8) is 0 Å². The average Bonchev–Trinajstić information content (AvgIpc) is 2.36. The minimum absolute atomic E-state index is 0.106. The number of halogens is 2. The Kier molecular flexibility index (Phi) is 6.87. The van der Waals surface area contributed by atoms with Crippen molar-refractivity contribution in [1.29, 1.82) is 0 Å². The molecule has 0 aliphatic carbocycles. The molecule has 1 rings (SSSR count). The van der Waals surface area contributed by atoms with E-state index < -0.39 is 0 Å². The van der Waals surface area contributed by atoms with Gasteiger partial charge in [0.25, 0.3) is 0 Å². The summed E-state index contributed by atoms with van der Waals surface area (Å²) in [4.78, 5) is 2.23. The van der Waals surface area contributed by atoms with Gasteiger partial charge in [0, 0.05) is 16.9 Å². The van der Waals surface area contributed by atoms with Gasteiger partial charge in [-0.2, -0.15) is 0 Å². The SMILES string of the molecule is CC(CCBr)CCN(C)C(C)c1ccccc1F. The van der Waals surface area contributed by atoms with Crippen LogP contribution in [0.4, 0.5) is 4.39 Å². The van der Waals surface area contributed by atoms with Crippen LogP contribution in [0.5, 0.6) is 0 Å². The molecule has 0 saturated carbocycles. The summed E-state index contributed by atoms with van der Waals surface area (Å²) >= 11 is 3.47. The molecule has 3 heteroatoms. The quantitative estimate of drug-likeness (QED) is 0.663. The van der Waals surface area contributed by atoms with Gasteiger partial charge in [0.1, 0.15) is 5.82 Å². The smallest absolute Gasteiger partial charge is 0.127 e. The van der Waals surface area contributed by atoms with Crippen LogP contribution in [0.1, 0.15) is 38.3 Å². The van der Waals surface area contributed by atoms with Crippen molar-refractivity contribution in [3.05, 3.63) is 35.6 Å². The zero-order valence-corrected chi connectivity index (χ0v) is 13.1. The molecule has 18 heavy (non-hydrogen) atoms. The number of alkyl halides is 1. The highest BCUT2D eigenvalue weighted by atomic mass is 79.9. The molecule has 0 saturated heterocycles. The Morgan fingerprint density at radius 3 is 2.50 bits per heavy atom. The van der Waals surface area contributed by atoms with E-state index in [2.05, 4.69) is 41.7 Å².